The molecule has 0 bridgehead atoms. The SMILES string of the molecule is CC/C=C\C/C=C\C/C=C\C/C=C\C/C=C\CCC(=O)OCC(COC(=O)CCCC/C=C\C/C=C\C/C=C\CC)OC(=O)CCCCC/C=C\CCCCCCCCC. The summed E-state index contributed by atoms with van der Waals surface area (Å²) in [4.78, 5) is 37.8. The molecule has 0 aromatic carbocycles. The number of carbonyl (C=O) groups excluding carboxylic acids is 3. The number of unbranched alkanes of at least 4 members (excludes halogenated alkanes) is 12. The van der Waals surface area contributed by atoms with Crippen molar-refractivity contribution in [2.24, 2.45) is 0 Å². The Morgan fingerprint density at radius 3 is 1.17 bits per heavy atom. The fourth-order valence-corrected chi connectivity index (χ4v) is 5.97. The monoisotopic (exact) mass is 831 g/mol. The van der Waals surface area contributed by atoms with E-state index in [0.29, 0.717) is 19.3 Å². The predicted molar refractivity (Wildman–Crippen MR) is 256 cm³/mol. The molecule has 0 rings (SSSR count). The van der Waals surface area contributed by atoms with Crippen molar-refractivity contribution in [3.05, 3.63) is 109 Å². The van der Waals surface area contributed by atoms with Crippen LogP contribution in [0.2, 0.25) is 0 Å². The molecule has 0 aliphatic rings. The highest BCUT2D eigenvalue weighted by atomic mass is 16.6. The lowest BCUT2D eigenvalue weighted by Crippen LogP contribution is -2.30. The second-order valence-electron chi connectivity index (χ2n) is 15.2. The highest BCUT2D eigenvalue weighted by Crippen LogP contribution is 2.11. The molecule has 0 amide bonds. The summed E-state index contributed by atoms with van der Waals surface area (Å²) in [5.74, 6) is -1.08. The van der Waals surface area contributed by atoms with Crippen molar-refractivity contribution >= 4 is 17.9 Å². The molecule has 1 unspecified atom stereocenters. The van der Waals surface area contributed by atoms with E-state index in [1.807, 2.05) is 12.2 Å². The van der Waals surface area contributed by atoms with Crippen molar-refractivity contribution in [2.45, 2.75) is 200 Å². The summed E-state index contributed by atoms with van der Waals surface area (Å²) in [7, 11) is 0. The lowest BCUT2D eigenvalue weighted by molar-refractivity contribution is -0.166. The first kappa shape index (κ1) is 56.1. The fourth-order valence-electron chi connectivity index (χ4n) is 5.97. The molecule has 0 aromatic heterocycles. The van der Waals surface area contributed by atoms with Crippen LogP contribution in [0, 0.1) is 0 Å². The molecule has 0 aliphatic heterocycles. The Kier molecular flexibility index (Phi) is 44.6. The third-order valence-corrected chi connectivity index (χ3v) is 9.51. The first-order valence-electron chi connectivity index (χ1n) is 23.9. The van der Waals surface area contributed by atoms with Crippen molar-refractivity contribution < 1.29 is 28.6 Å². The van der Waals surface area contributed by atoms with Gasteiger partial charge in [0.15, 0.2) is 6.10 Å². The highest BCUT2D eigenvalue weighted by Gasteiger charge is 2.19. The summed E-state index contributed by atoms with van der Waals surface area (Å²) < 4.78 is 16.6. The molecule has 60 heavy (non-hydrogen) atoms. The zero-order valence-electron chi connectivity index (χ0n) is 38.4. The summed E-state index contributed by atoms with van der Waals surface area (Å²) in [6.45, 7) is 6.26. The van der Waals surface area contributed by atoms with E-state index in [1.165, 1.54) is 44.9 Å². The van der Waals surface area contributed by atoms with Crippen LogP contribution in [0.25, 0.3) is 0 Å². The third kappa shape index (κ3) is 45.2. The molecule has 0 radical (unpaired) electrons. The van der Waals surface area contributed by atoms with Crippen LogP contribution >= 0.6 is 0 Å². The zero-order valence-corrected chi connectivity index (χ0v) is 38.4. The summed E-state index contributed by atoms with van der Waals surface area (Å²) in [6.07, 6.45) is 63.7. The molecule has 0 heterocycles. The van der Waals surface area contributed by atoms with Crippen molar-refractivity contribution in [2.75, 3.05) is 13.2 Å². The number of hydrogen-bond donors (Lipinski definition) is 0. The van der Waals surface area contributed by atoms with Crippen molar-refractivity contribution in [1.29, 1.82) is 0 Å². The number of allylic oxidation sites excluding steroid dienone is 18. The lowest BCUT2D eigenvalue weighted by Gasteiger charge is -2.18. The molecule has 0 saturated carbocycles. The van der Waals surface area contributed by atoms with Crippen LogP contribution < -0.4 is 0 Å². The Hall–Kier alpha value is -3.93. The maximum Gasteiger partial charge on any atom is 0.306 e. The van der Waals surface area contributed by atoms with Gasteiger partial charge in [-0.3, -0.25) is 14.4 Å². The number of hydrogen-bond acceptors (Lipinski definition) is 6. The molecule has 6 heteroatoms. The number of rotatable bonds is 41. The molecule has 6 nitrogen and oxygen atoms in total. The first-order valence-corrected chi connectivity index (χ1v) is 23.9. The van der Waals surface area contributed by atoms with E-state index in [4.69, 9.17) is 14.2 Å². The third-order valence-electron chi connectivity index (χ3n) is 9.51. The lowest BCUT2D eigenvalue weighted by atomic mass is 10.1. The number of esters is 3. The van der Waals surface area contributed by atoms with E-state index >= 15 is 0 Å². The largest absolute Gasteiger partial charge is 0.462 e. The van der Waals surface area contributed by atoms with Crippen molar-refractivity contribution in [1.82, 2.24) is 0 Å². The maximum atomic E-state index is 12.7. The van der Waals surface area contributed by atoms with Crippen LogP contribution in [0.3, 0.4) is 0 Å². The van der Waals surface area contributed by atoms with Crippen molar-refractivity contribution in [3.63, 3.8) is 0 Å². The van der Waals surface area contributed by atoms with E-state index in [1.54, 1.807) is 0 Å². The van der Waals surface area contributed by atoms with Gasteiger partial charge in [-0.05, 0) is 109 Å². The van der Waals surface area contributed by atoms with Gasteiger partial charge in [-0.25, -0.2) is 0 Å². The van der Waals surface area contributed by atoms with E-state index in [9.17, 15) is 14.4 Å². The van der Waals surface area contributed by atoms with Crippen LogP contribution in [0.4, 0.5) is 0 Å². The maximum absolute atomic E-state index is 12.7. The minimum absolute atomic E-state index is 0.129. The molecule has 0 aliphatic carbocycles. The summed E-state index contributed by atoms with van der Waals surface area (Å²) in [6, 6.07) is 0. The normalized spacial score (nSPS) is 13.1. The average molecular weight is 831 g/mol. The highest BCUT2D eigenvalue weighted by molar-refractivity contribution is 5.71. The summed E-state index contributed by atoms with van der Waals surface area (Å²) in [5.41, 5.74) is 0. The molecule has 0 aromatic rings. The summed E-state index contributed by atoms with van der Waals surface area (Å²) in [5, 5.41) is 0. The van der Waals surface area contributed by atoms with Gasteiger partial charge in [-0.15, -0.1) is 0 Å². The standard InChI is InChI=1S/C54H86O6/c1-4-7-10-13-16-19-22-25-27-28-30-32-35-38-41-44-47-53(56)59-50-51(49-58-52(55)46-43-40-37-34-31-24-21-18-15-12-9-6-3)60-54(57)48-45-42-39-36-33-29-26-23-20-17-14-11-8-5-2/h7,9-10,12,16,18-19,21,25,27,29-34,38,41,51H,4-6,8,11,13-15,17,20,22-24,26,28,35-37,39-40,42-50H2,1-3H3/b10-7-,12-9-,19-16-,21-18-,27-25-,32-30-,33-29-,34-31-,41-38-. The second-order valence-corrected chi connectivity index (χ2v) is 15.2. The topological polar surface area (TPSA) is 78.9 Å². The predicted octanol–water partition coefficient (Wildman–Crippen LogP) is 15.6. The average Bonchev–Trinajstić information content (AvgIpc) is 3.24. The minimum atomic E-state index is -0.831. The Labute approximate surface area is 368 Å². The Morgan fingerprint density at radius 2 is 0.683 bits per heavy atom. The van der Waals surface area contributed by atoms with E-state index in [0.717, 1.165) is 96.3 Å². The second kappa shape index (κ2) is 47.7. The first-order chi connectivity index (χ1) is 29.5. The molecule has 0 spiro atoms. The molecule has 1 atom stereocenters. The Balaban J connectivity index is 4.58. The van der Waals surface area contributed by atoms with E-state index in [2.05, 4.69) is 118 Å². The van der Waals surface area contributed by atoms with Crippen LogP contribution in [-0.4, -0.2) is 37.2 Å². The van der Waals surface area contributed by atoms with Gasteiger partial charge in [0.2, 0.25) is 0 Å². The van der Waals surface area contributed by atoms with Crippen LogP contribution in [0.1, 0.15) is 194 Å². The smallest absolute Gasteiger partial charge is 0.306 e. The van der Waals surface area contributed by atoms with Crippen LogP contribution in [0.5, 0.6) is 0 Å². The molecule has 0 saturated heterocycles. The van der Waals surface area contributed by atoms with Crippen LogP contribution in [-0.2, 0) is 28.6 Å². The van der Waals surface area contributed by atoms with Gasteiger partial charge in [-0.1, -0.05) is 175 Å². The van der Waals surface area contributed by atoms with Gasteiger partial charge in [-0.2, -0.15) is 0 Å². The van der Waals surface area contributed by atoms with Gasteiger partial charge in [0.05, 0.1) is 0 Å². The quantitative estimate of drug-likeness (QED) is 0.0264. The fraction of sp³-hybridized carbons (Fsp3) is 0.611. The number of carbonyl (C=O) groups is 3. The zero-order chi connectivity index (χ0) is 43.7. The molecular formula is C54H86O6. The molecular weight excluding hydrogens is 745 g/mol. The molecule has 338 valence electrons. The van der Waals surface area contributed by atoms with E-state index < -0.39 is 6.10 Å². The minimum Gasteiger partial charge on any atom is -0.462 e. The summed E-state index contributed by atoms with van der Waals surface area (Å²) >= 11 is 0. The van der Waals surface area contributed by atoms with Gasteiger partial charge in [0, 0.05) is 19.3 Å². The van der Waals surface area contributed by atoms with Gasteiger partial charge in [0.1, 0.15) is 13.2 Å². The van der Waals surface area contributed by atoms with Gasteiger partial charge < -0.3 is 14.2 Å². The number of ether oxygens (including phenoxy) is 3. The van der Waals surface area contributed by atoms with Crippen LogP contribution in [0.15, 0.2) is 109 Å². The Morgan fingerprint density at radius 1 is 0.350 bits per heavy atom. The Bertz CT molecular complexity index is 1280. The molecule has 0 N–H and O–H groups in total. The van der Waals surface area contributed by atoms with Gasteiger partial charge in [0.25, 0.3) is 0 Å². The van der Waals surface area contributed by atoms with Gasteiger partial charge >= 0.3 is 17.9 Å². The van der Waals surface area contributed by atoms with E-state index in [-0.39, 0.29) is 44.0 Å². The van der Waals surface area contributed by atoms with Crippen molar-refractivity contribution in [3.8, 4) is 0 Å². The molecule has 0 fully saturated rings.